The van der Waals surface area contributed by atoms with Crippen LogP contribution in [0.25, 0.3) is 5.82 Å². The van der Waals surface area contributed by atoms with Crippen LogP contribution in [0.1, 0.15) is 6.92 Å². The smallest absolute Gasteiger partial charge is 0.260 e. The molecule has 0 atom stereocenters. The number of rotatable bonds is 7. The van der Waals surface area contributed by atoms with Gasteiger partial charge >= 0.3 is 0 Å². The normalized spacial score (nSPS) is 13.9. The highest BCUT2D eigenvalue weighted by Gasteiger charge is 2.22. The van der Waals surface area contributed by atoms with Crippen molar-refractivity contribution in [1.29, 1.82) is 0 Å². The zero-order chi connectivity index (χ0) is 20.8. The van der Waals surface area contributed by atoms with Crippen LogP contribution in [0.4, 0.5) is 5.82 Å². The number of hydrogen-bond acceptors (Lipinski definition) is 8. The van der Waals surface area contributed by atoms with Crippen molar-refractivity contribution in [2.45, 2.75) is 6.92 Å². The largest absolute Gasteiger partial charge is 0.494 e. The van der Waals surface area contributed by atoms with Crippen LogP contribution in [0.3, 0.4) is 0 Å². The molecule has 0 bridgehead atoms. The summed E-state index contributed by atoms with van der Waals surface area (Å²) in [6.45, 7) is 5.14. The third-order valence-corrected chi connectivity index (χ3v) is 4.75. The molecular formula is C20H23N7O3. The molecule has 2 aromatic heterocycles. The van der Waals surface area contributed by atoms with Gasteiger partial charge < -0.3 is 19.3 Å². The number of carbonyl (C=O) groups is 1. The fourth-order valence-corrected chi connectivity index (χ4v) is 3.18. The SMILES string of the molecule is CCOc1ccc(OCC(=O)N2CCN(c3cc(-n4cncn4)ncn3)CC2)cc1. The molecule has 1 aliphatic rings. The highest BCUT2D eigenvalue weighted by atomic mass is 16.5. The first kappa shape index (κ1) is 19.6. The van der Waals surface area contributed by atoms with Gasteiger partial charge in [0.15, 0.2) is 12.4 Å². The monoisotopic (exact) mass is 409 g/mol. The van der Waals surface area contributed by atoms with Gasteiger partial charge in [-0.05, 0) is 31.2 Å². The molecule has 0 spiro atoms. The molecule has 10 nitrogen and oxygen atoms in total. The fraction of sp³-hybridized carbons (Fsp3) is 0.350. The molecule has 1 saturated heterocycles. The predicted molar refractivity (Wildman–Crippen MR) is 109 cm³/mol. The molecule has 0 N–H and O–H groups in total. The van der Waals surface area contributed by atoms with Gasteiger partial charge in [-0.15, -0.1) is 0 Å². The molecular weight excluding hydrogens is 386 g/mol. The Kier molecular flexibility index (Phi) is 6.02. The Morgan fingerprint density at radius 2 is 1.67 bits per heavy atom. The Hall–Kier alpha value is -3.69. The second kappa shape index (κ2) is 9.21. The molecule has 1 fully saturated rings. The Bertz CT molecular complexity index is 955. The van der Waals surface area contributed by atoms with Crippen LogP contribution >= 0.6 is 0 Å². The van der Waals surface area contributed by atoms with E-state index in [0.717, 1.165) is 11.6 Å². The number of nitrogens with zero attached hydrogens (tertiary/aromatic N) is 7. The highest BCUT2D eigenvalue weighted by molar-refractivity contribution is 5.78. The summed E-state index contributed by atoms with van der Waals surface area (Å²) >= 11 is 0. The summed E-state index contributed by atoms with van der Waals surface area (Å²) in [5.74, 6) is 2.85. The first-order valence-corrected chi connectivity index (χ1v) is 9.78. The van der Waals surface area contributed by atoms with Gasteiger partial charge in [-0.2, -0.15) is 5.10 Å². The topological polar surface area (TPSA) is 98.5 Å². The number of aromatic nitrogens is 5. The number of hydrogen-bond donors (Lipinski definition) is 0. The van der Waals surface area contributed by atoms with Crippen molar-refractivity contribution in [1.82, 2.24) is 29.6 Å². The third kappa shape index (κ3) is 4.65. The molecule has 0 aliphatic carbocycles. The Morgan fingerprint density at radius 1 is 0.967 bits per heavy atom. The van der Waals surface area contributed by atoms with Gasteiger partial charge in [0.1, 0.15) is 36.3 Å². The van der Waals surface area contributed by atoms with Crippen molar-refractivity contribution >= 4 is 11.7 Å². The van der Waals surface area contributed by atoms with E-state index >= 15 is 0 Å². The van der Waals surface area contributed by atoms with E-state index in [-0.39, 0.29) is 12.5 Å². The van der Waals surface area contributed by atoms with Crippen LogP contribution in [0, 0.1) is 0 Å². The van der Waals surface area contributed by atoms with Crippen LogP contribution in [0.15, 0.2) is 49.3 Å². The van der Waals surface area contributed by atoms with Crippen LogP contribution in [-0.2, 0) is 4.79 Å². The first-order valence-electron chi connectivity index (χ1n) is 9.78. The Labute approximate surface area is 174 Å². The lowest BCUT2D eigenvalue weighted by molar-refractivity contribution is -0.133. The predicted octanol–water partition coefficient (Wildman–Crippen LogP) is 1.18. The number of piperazine rings is 1. The van der Waals surface area contributed by atoms with Crippen LogP contribution in [0.2, 0.25) is 0 Å². The third-order valence-electron chi connectivity index (χ3n) is 4.75. The van der Waals surface area contributed by atoms with Crippen LogP contribution in [0.5, 0.6) is 11.5 Å². The Morgan fingerprint density at radius 3 is 2.33 bits per heavy atom. The minimum Gasteiger partial charge on any atom is -0.494 e. The summed E-state index contributed by atoms with van der Waals surface area (Å²) in [6, 6.07) is 9.13. The van der Waals surface area contributed by atoms with Gasteiger partial charge in [0.2, 0.25) is 0 Å². The van der Waals surface area contributed by atoms with Crippen LogP contribution < -0.4 is 14.4 Å². The van der Waals surface area contributed by atoms with Gasteiger partial charge in [0, 0.05) is 32.2 Å². The van der Waals surface area contributed by atoms with Gasteiger partial charge in [0.25, 0.3) is 5.91 Å². The number of carbonyl (C=O) groups excluding carboxylic acids is 1. The van der Waals surface area contributed by atoms with E-state index in [1.165, 1.54) is 12.7 Å². The van der Waals surface area contributed by atoms with Crippen molar-refractivity contribution in [3.63, 3.8) is 0 Å². The van der Waals surface area contributed by atoms with Crippen LogP contribution in [-0.4, -0.2) is 74.9 Å². The highest BCUT2D eigenvalue weighted by Crippen LogP contribution is 2.18. The summed E-state index contributed by atoms with van der Waals surface area (Å²) in [7, 11) is 0. The lowest BCUT2D eigenvalue weighted by atomic mass is 10.3. The molecule has 3 heterocycles. The number of amides is 1. The molecule has 1 aromatic carbocycles. The molecule has 10 heteroatoms. The summed E-state index contributed by atoms with van der Waals surface area (Å²) in [5, 5.41) is 4.09. The number of ether oxygens (including phenoxy) is 2. The maximum Gasteiger partial charge on any atom is 0.260 e. The van der Waals surface area contributed by atoms with E-state index in [0.29, 0.717) is 44.4 Å². The minimum atomic E-state index is -0.0328. The van der Waals surface area contributed by atoms with Crippen molar-refractivity contribution in [2.75, 3.05) is 44.3 Å². The zero-order valence-corrected chi connectivity index (χ0v) is 16.7. The quantitative estimate of drug-likeness (QED) is 0.574. The van der Waals surface area contributed by atoms with Gasteiger partial charge in [0.05, 0.1) is 6.61 Å². The zero-order valence-electron chi connectivity index (χ0n) is 16.7. The van der Waals surface area contributed by atoms with E-state index in [4.69, 9.17) is 9.47 Å². The van der Waals surface area contributed by atoms with E-state index in [1.807, 2.05) is 30.0 Å². The standard InChI is InChI=1S/C20H23N7O3/c1-2-29-16-3-5-17(6-4-16)30-12-20(28)26-9-7-25(8-10-26)18-11-19(23-14-22-18)27-15-21-13-24-27/h3-6,11,13-15H,2,7-10,12H2,1H3. The fourth-order valence-electron chi connectivity index (χ4n) is 3.18. The van der Waals surface area contributed by atoms with Crippen molar-refractivity contribution in [3.8, 4) is 17.3 Å². The van der Waals surface area contributed by atoms with E-state index in [1.54, 1.807) is 23.1 Å². The second-order valence-corrected chi connectivity index (χ2v) is 6.64. The second-order valence-electron chi connectivity index (χ2n) is 6.64. The van der Waals surface area contributed by atoms with Crippen molar-refractivity contribution in [3.05, 3.63) is 49.3 Å². The number of anilines is 1. The molecule has 3 aromatic rings. The van der Waals surface area contributed by atoms with Gasteiger partial charge in [-0.25, -0.2) is 19.6 Å². The summed E-state index contributed by atoms with van der Waals surface area (Å²) < 4.78 is 12.6. The first-order chi connectivity index (χ1) is 14.7. The average molecular weight is 409 g/mol. The summed E-state index contributed by atoms with van der Waals surface area (Å²) in [5.41, 5.74) is 0. The molecule has 0 saturated carbocycles. The summed E-state index contributed by atoms with van der Waals surface area (Å²) in [6.07, 6.45) is 4.56. The molecule has 0 unspecified atom stereocenters. The molecule has 156 valence electrons. The van der Waals surface area contributed by atoms with Crippen molar-refractivity contribution in [2.24, 2.45) is 0 Å². The molecule has 1 amide bonds. The van der Waals surface area contributed by atoms with E-state index < -0.39 is 0 Å². The number of benzene rings is 1. The minimum absolute atomic E-state index is 0.0118. The molecule has 30 heavy (non-hydrogen) atoms. The molecule has 0 radical (unpaired) electrons. The summed E-state index contributed by atoms with van der Waals surface area (Å²) in [4.78, 5) is 29.0. The van der Waals surface area contributed by atoms with Crippen molar-refractivity contribution < 1.29 is 14.3 Å². The van der Waals surface area contributed by atoms with E-state index in [2.05, 4.69) is 25.0 Å². The van der Waals surface area contributed by atoms with Gasteiger partial charge in [-0.1, -0.05) is 0 Å². The maximum absolute atomic E-state index is 12.5. The maximum atomic E-state index is 12.5. The lowest BCUT2D eigenvalue weighted by Gasteiger charge is -2.35. The Balaban J connectivity index is 1.28. The van der Waals surface area contributed by atoms with Gasteiger partial charge in [-0.3, -0.25) is 4.79 Å². The van der Waals surface area contributed by atoms with E-state index in [9.17, 15) is 4.79 Å². The lowest BCUT2D eigenvalue weighted by Crippen LogP contribution is -2.50. The molecule has 1 aliphatic heterocycles. The average Bonchev–Trinajstić information content (AvgIpc) is 3.34. The molecule has 4 rings (SSSR count).